The average Bonchev–Trinajstić information content (AvgIpc) is 2.28. The van der Waals surface area contributed by atoms with Crippen molar-refractivity contribution in [2.24, 2.45) is 5.73 Å². The van der Waals surface area contributed by atoms with Gasteiger partial charge in [0.25, 0.3) is 5.91 Å². The monoisotopic (exact) mass is 350 g/mol. The SMILES string of the molecule is NC(=O)C(O)CNC(=O)c1cc(I)ccc1O. The second-order valence-electron chi connectivity index (χ2n) is 3.29. The Morgan fingerprint density at radius 1 is 1.47 bits per heavy atom. The number of halogens is 1. The van der Waals surface area contributed by atoms with Gasteiger partial charge in [-0.25, -0.2) is 0 Å². The molecule has 0 heterocycles. The third-order valence-corrected chi connectivity index (χ3v) is 2.66. The van der Waals surface area contributed by atoms with Gasteiger partial charge in [0.1, 0.15) is 11.9 Å². The number of aliphatic hydroxyl groups is 1. The first kappa shape index (κ1) is 13.7. The molecule has 0 saturated carbocycles. The molecule has 1 unspecified atom stereocenters. The van der Waals surface area contributed by atoms with Gasteiger partial charge >= 0.3 is 0 Å². The van der Waals surface area contributed by atoms with Crippen LogP contribution in [-0.4, -0.2) is 34.7 Å². The lowest BCUT2D eigenvalue weighted by molar-refractivity contribution is -0.125. The summed E-state index contributed by atoms with van der Waals surface area (Å²) in [6.45, 7) is -0.293. The highest BCUT2D eigenvalue weighted by Gasteiger charge is 2.15. The highest BCUT2D eigenvalue weighted by molar-refractivity contribution is 14.1. The predicted molar refractivity (Wildman–Crippen MR) is 68.4 cm³/mol. The maximum absolute atomic E-state index is 11.6. The normalized spacial score (nSPS) is 11.9. The topological polar surface area (TPSA) is 113 Å². The summed E-state index contributed by atoms with van der Waals surface area (Å²) in [5.41, 5.74) is 4.90. The van der Waals surface area contributed by atoms with E-state index in [1.165, 1.54) is 12.1 Å². The number of phenolic OH excluding ortho intramolecular Hbond substituents is 1. The van der Waals surface area contributed by atoms with Crippen molar-refractivity contribution in [2.75, 3.05) is 6.54 Å². The van der Waals surface area contributed by atoms with Crippen molar-refractivity contribution in [3.05, 3.63) is 27.3 Å². The summed E-state index contributed by atoms with van der Waals surface area (Å²) in [6, 6.07) is 4.52. The minimum atomic E-state index is -1.44. The van der Waals surface area contributed by atoms with Crippen LogP contribution < -0.4 is 11.1 Å². The molecular formula is C10H11IN2O4. The van der Waals surface area contributed by atoms with Gasteiger partial charge in [0.15, 0.2) is 0 Å². The lowest BCUT2D eigenvalue weighted by atomic mass is 10.2. The van der Waals surface area contributed by atoms with Crippen LogP contribution in [0.5, 0.6) is 5.75 Å². The van der Waals surface area contributed by atoms with E-state index in [1.807, 2.05) is 22.6 Å². The molecule has 17 heavy (non-hydrogen) atoms. The number of rotatable bonds is 4. The Balaban J connectivity index is 2.70. The van der Waals surface area contributed by atoms with Crippen molar-refractivity contribution in [3.8, 4) is 5.75 Å². The summed E-state index contributed by atoms with van der Waals surface area (Å²) in [6.07, 6.45) is -1.44. The van der Waals surface area contributed by atoms with Crippen molar-refractivity contribution in [2.45, 2.75) is 6.10 Å². The van der Waals surface area contributed by atoms with Crippen LogP contribution in [0.4, 0.5) is 0 Å². The smallest absolute Gasteiger partial charge is 0.255 e. The Labute approximate surface area is 111 Å². The van der Waals surface area contributed by atoms with E-state index in [0.717, 1.165) is 3.57 Å². The molecular weight excluding hydrogens is 339 g/mol. The molecule has 0 aliphatic carbocycles. The molecule has 6 nitrogen and oxygen atoms in total. The molecule has 1 aromatic carbocycles. The van der Waals surface area contributed by atoms with Gasteiger partial charge in [0.2, 0.25) is 5.91 Å². The first-order valence-corrected chi connectivity index (χ1v) is 5.73. The molecule has 0 aromatic heterocycles. The van der Waals surface area contributed by atoms with Gasteiger partial charge in [0.05, 0.1) is 12.1 Å². The van der Waals surface area contributed by atoms with E-state index >= 15 is 0 Å². The molecule has 1 rings (SSSR count). The Morgan fingerprint density at radius 2 is 2.12 bits per heavy atom. The minimum absolute atomic E-state index is 0.0774. The van der Waals surface area contributed by atoms with Crippen molar-refractivity contribution >= 4 is 34.4 Å². The van der Waals surface area contributed by atoms with E-state index in [-0.39, 0.29) is 17.9 Å². The molecule has 7 heteroatoms. The quantitative estimate of drug-likeness (QED) is 0.552. The molecule has 0 spiro atoms. The molecule has 1 atom stereocenters. The molecule has 92 valence electrons. The lowest BCUT2D eigenvalue weighted by Crippen LogP contribution is -2.40. The maximum atomic E-state index is 11.6. The standard InChI is InChI=1S/C10H11IN2O4/c11-5-1-2-7(14)6(3-5)10(17)13-4-8(15)9(12)16/h1-3,8,14-15H,4H2,(H2,12,16)(H,13,17). The number of nitrogens with one attached hydrogen (secondary N) is 1. The number of nitrogens with two attached hydrogens (primary N) is 1. The molecule has 5 N–H and O–H groups in total. The second-order valence-corrected chi connectivity index (χ2v) is 4.54. The van der Waals surface area contributed by atoms with E-state index in [4.69, 9.17) is 10.8 Å². The third-order valence-electron chi connectivity index (χ3n) is 1.99. The summed E-state index contributed by atoms with van der Waals surface area (Å²) in [4.78, 5) is 22.1. The fraction of sp³-hybridized carbons (Fsp3) is 0.200. The van der Waals surface area contributed by atoms with Gasteiger partial charge in [-0.1, -0.05) is 0 Å². The van der Waals surface area contributed by atoms with Crippen LogP contribution >= 0.6 is 22.6 Å². The summed E-state index contributed by atoms with van der Waals surface area (Å²) in [5.74, 6) is -1.67. The second kappa shape index (κ2) is 5.82. The highest BCUT2D eigenvalue weighted by atomic mass is 127. The zero-order valence-corrected chi connectivity index (χ0v) is 10.8. The van der Waals surface area contributed by atoms with E-state index in [2.05, 4.69) is 5.32 Å². The molecule has 0 aliphatic rings. The van der Waals surface area contributed by atoms with Crippen molar-refractivity contribution in [3.63, 3.8) is 0 Å². The van der Waals surface area contributed by atoms with Crippen LogP contribution in [0.25, 0.3) is 0 Å². The number of hydrogen-bond acceptors (Lipinski definition) is 4. The first-order chi connectivity index (χ1) is 7.91. The molecule has 2 amide bonds. The van der Waals surface area contributed by atoms with Gasteiger partial charge in [-0.2, -0.15) is 0 Å². The van der Waals surface area contributed by atoms with Crippen LogP contribution in [0.2, 0.25) is 0 Å². The Hall–Kier alpha value is -1.35. The number of carbonyl (C=O) groups excluding carboxylic acids is 2. The highest BCUT2D eigenvalue weighted by Crippen LogP contribution is 2.19. The Bertz CT molecular complexity index is 450. The lowest BCUT2D eigenvalue weighted by Gasteiger charge is -2.09. The number of hydrogen-bond donors (Lipinski definition) is 4. The largest absolute Gasteiger partial charge is 0.507 e. The van der Waals surface area contributed by atoms with E-state index in [1.54, 1.807) is 6.07 Å². The molecule has 0 fully saturated rings. The first-order valence-electron chi connectivity index (χ1n) is 4.66. The average molecular weight is 350 g/mol. The number of aromatic hydroxyl groups is 1. The Kier molecular flexibility index (Phi) is 4.70. The van der Waals surface area contributed by atoms with Gasteiger partial charge in [0, 0.05) is 3.57 Å². The zero-order chi connectivity index (χ0) is 13.0. The van der Waals surface area contributed by atoms with Crippen LogP contribution in [0.3, 0.4) is 0 Å². The third kappa shape index (κ3) is 3.86. The van der Waals surface area contributed by atoms with Crippen molar-refractivity contribution in [1.29, 1.82) is 0 Å². The molecule has 0 bridgehead atoms. The predicted octanol–water partition coefficient (Wildman–Crippen LogP) is -0.427. The number of carbonyl (C=O) groups is 2. The molecule has 1 aromatic rings. The van der Waals surface area contributed by atoms with Crippen LogP contribution in [0, 0.1) is 3.57 Å². The van der Waals surface area contributed by atoms with Crippen LogP contribution in [-0.2, 0) is 4.79 Å². The number of amides is 2. The molecule has 0 saturated heterocycles. The van der Waals surface area contributed by atoms with Gasteiger partial charge < -0.3 is 21.3 Å². The minimum Gasteiger partial charge on any atom is -0.507 e. The zero-order valence-electron chi connectivity index (χ0n) is 8.68. The summed E-state index contributed by atoms with van der Waals surface area (Å²) < 4.78 is 0.779. The Morgan fingerprint density at radius 3 is 2.71 bits per heavy atom. The maximum Gasteiger partial charge on any atom is 0.255 e. The fourth-order valence-electron chi connectivity index (χ4n) is 1.08. The summed E-state index contributed by atoms with van der Waals surface area (Å²) >= 11 is 1.99. The van der Waals surface area contributed by atoms with Crippen LogP contribution in [0.15, 0.2) is 18.2 Å². The number of aliphatic hydroxyl groups excluding tert-OH is 1. The number of primary amides is 1. The van der Waals surface area contributed by atoms with Crippen LogP contribution in [0.1, 0.15) is 10.4 Å². The van der Waals surface area contributed by atoms with Crippen molar-refractivity contribution < 1.29 is 19.8 Å². The van der Waals surface area contributed by atoms with E-state index < -0.39 is 17.9 Å². The molecule has 0 aliphatic heterocycles. The van der Waals surface area contributed by atoms with Gasteiger partial charge in [-0.05, 0) is 40.8 Å². The number of benzene rings is 1. The molecule has 0 radical (unpaired) electrons. The summed E-state index contributed by atoms with van der Waals surface area (Å²) in [5, 5.41) is 20.8. The van der Waals surface area contributed by atoms with Gasteiger partial charge in [-0.15, -0.1) is 0 Å². The van der Waals surface area contributed by atoms with Gasteiger partial charge in [-0.3, -0.25) is 9.59 Å². The summed E-state index contributed by atoms with van der Waals surface area (Å²) in [7, 11) is 0. The number of phenols is 1. The fourth-order valence-corrected chi connectivity index (χ4v) is 1.57. The van der Waals surface area contributed by atoms with E-state index in [9.17, 15) is 14.7 Å². The van der Waals surface area contributed by atoms with E-state index in [0.29, 0.717) is 0 Å². The van der Waals surface area contributed by atoms with Crippen molar-refractivity contribution in [1.82, 2.24) is 5.32 Å².